The summed E-state index contributed by atoms with van der Waals surface area (Å²) in [4.78, 5) is 13.2. The molecule has 0 spiro atoms. The molecule has 1 unspecified atom stereocenters. The van der Waals surface area contributed by atoms with Crippen molar-refractivity contribution < 1.29 is 27.9 Å². The number of alkyl halides is 2. The highest BCUT2D eigenvalue weighted by Crippen LogP contribution is 2.18. The van der Waals surface area contributed by atoms with Gasteiger partial charge < -0.3 is 19.7 Å². The van der Waals surface area contributed by atoms with Gasteiger partial charge in [-0.3, -0.25) is 4.79 Å². The van der Waals surface area contributed by atoms with E-state index >= 15 is 0 Å². The number of aryl methyl sites for hydroxylation is 1. The van der Waals surface area contributed by atoms with E-state index < -0.39 is 6.61 Å². The fourth-order valence-corrected chi connectivity index (χ4v) is 2.95. The van der Waals surface area contributed by atoms with Gasteiger partial charge in [-0.05, 0) is 43.2 Å². The zero-order chi connectivity index (χ0) is 20.5. The maximum Gasteiger partial charge on any atom is 0.387 e. The van der Waals surface area contributed by atoms with Crippen LogP contribution in [0.3, 0.4) is 0 Å². The van der Waals surface area contributed by atoms with Gasteiger partial charge in [0.15, 0.2) is 6.54 Å². The molecule has 1 amide bonds. The molecule has 5 nitrogen and oxygen atoms in total. The fourth-order valence-electron chi connectivity index (χ4n) is 2.95. The van der Waals surface area contributed by atoms with E-state index in [1.165, 1.54) is 12.1 Å². The van der Waals surface area contributed by atoms with Gasteiger partial charge in [0, 0.05) is 12.1 Å². The molecule has 0 aromatic heterocycles. The van der Waals surface area contributed by atoms with Crippen LogP contribution in [0, 0.1) is 6.92 Å². The number of ether oxygens (including phenoxy) is 2. The van der Waals surface area contributed by atoms with Crippen molar-refractivity contribution in [3.8, 4) is 11.5 Å². The lowest BCUT2D eigenvalue weighted by atomic mass is 10.1. The van der Waals surface area contributed by atoms with Crippen molar-refractivity contribution in [1.29, 1.82) is 0 Å². The third-order valence-electron chi connectivity index (χ3n) is 4.27. The summed E-state index contributed by atoms with van der Waals surface area (Å²) in [5.74, 6) is 0.908. The van der Waals surface area contributed by atoms with E-state index in [1.807, 2.05) is 26.1 Å². The molecule has 2 N–H and O–H groups in total. The lowest BCUT2D eigenvalue weighted by molar-refractivity contribution is -0.885. The first-order chi connectivity index (χ1) is 13.4. The van der Waals surface area contributed by atoms with Gasteiger partial charge >= 0.3 is 6.61 Å². The second kappa shape index (κ2) is 10.6. The topological polar surface area (TPSA) is 52.0 Å². The zero-order valence-electron chi connectivity index (χ0n) is 16.4. The Labute approximate surface area is 164 Å². The van der Waals surface area contributed by atoms with Gasteiger partial charge in [0.1, 0.15) is 18.0 Å². The third-order valence-corrected chi connectivity index (χ3v) is 4.27. The van der Waals surface area contributed by atoms with Gasteiger partial charge in [0.05, 0.1) is 14.2 Å². The van der Waals surface area contributed by atoms with Crippen molar-refractivity contribution >= 4 is 5.91 Å². The van der Waals surface area contributed by atoms with Crippen LogP contribution in [0.15, 0.2) is 42.5 Å². The van der Waals surface area contributed by atoms with Crippen LogP contribution < -0.4 is 19.7 Å². The van der Waals surface area contributed by atoms with Gasteiger partial charge in [0.2, 0.25) is 0 Å². The van der Waals surface area contributed by atoms with Crippen LogP contribution >= 0.6 is 0 Å². The number of hydrogen-bond donors (Lipinski definition) is 2. The van der Waals surface area contributed by atoms with Gasteiger partial charge in [0.25, 0.3) is 5.91 Å². The first kappa shape index (κ1) is 21.6. The molecule has 2 rings (SSSR count). The molecule has 0 radical (unpaired) electrons. The number of likely N-dealkylation sites (N-methyl/N-ethyl adjacent to an activating group) is 1. The minimum atomic E-state index is -2.83. The number of halogens is 2. The van der Waals surface area contributed by atoms with Crippen molar-refractivity contribution in [2.75, 3.05) is 27.2 Å². The van der Waals surface area contributed by atoms with Crippen LogP contribution in [0.1, 0.15) is 16.7 Å². The summed E-state index contributed by atoms with van der Waals surface area (Å²) in [7, 11) is 3.60. The number of rotatable bonds is 10. The molecule has 0 saturated heterocycles. The zero-order valence-corrected chi connectivity index (χ0v) is 16.4. The molecule has 0 aliphatic carbocycles. The lowest BCUT2D eigenvalue weighted by Gasteiger charge is -2.16. The highest BCUT2D eigenvalue weighted by molar-refractivity contribution is 5.76. The summed E-state index contributed by atoms with van der Waals surface area (Å²) in [6.45, 7) is 0.707. The van der Waals surface area contributed by atoms with Crippen molar-refractivity contribution in [3.05, 3.63) is 59.2 Å². The van der Waals surface area contributed by atoms with E-state index in [2.05, 4.69) is 16.1 Å². The second-order valence-corrected chi connectivity index (χ2v) is 6.75. The Kier molecular flexibility index (Phi) is 8.19. The molecular weight excluding hydrogens is 366 g/mol. The number of carbonyl (C=O) groups is 1. The van der Waals surface area contributed by atoms with Gasteiger partial charge in [-0.25, -0.2) is 0 Å². The Hall–Kier alpha value is -2.67. The molecule has 0 fully saturated rings. The third kappa shape index (κ3) is 7.15. The Balaban J connectivity index is 1.75. The smallest absolute Gasteiger partial charge is 0.387 e. The number of amides is 1. The summed E-state index contributed by atoms with van der Waals surface area (Å²) in [6, 6.07) is 12.4. The second-order valence-electron chi connectivity index (χ2n) is 6.75. The molecule has 152 valence electrons. The average Bonchev–Trinajstić information content (AvgIpc) is 2.63. The monoisotopic (exact) mass is 393 g/mol. The summed E-state index contributed by atoms with van der Waals surface area (Å²) < 4.78 is 34.0. The highest BCUT2D eigenvalue weighted by Gasteiger charge is 2.13. The highest BCUT2D eigenvalue weighted by atomic mass is 19.3. The minimum absolute atomic E-state index is 0.0400. The quantitative estimate of drug-likeness (QED) is 0.649. The van der Waals surface area contributed by atoms with Crippen molar-refractivity contribution in [1.82, 2.24) is 5.32 Å². The minimum Gasteiger partial charge on any atom is -0.496 e. The number of quaternary nitrogens is 1. The van der Waals surface area contributed by atoms with E-state index in [1.54, 1.807) is 19.2 Å². The Bertz CT molecular complexity index is 767. The average molecular weight is 393 g/mol. The van der Waals surface area contributed by atoms with Crippen molar-refractivity contribution in [2.45, 2.75) is 26.5 Å². The molecule has 0 bridgehead atoms. The van der Waals surface area contributed by atoms with Crippen LogP contribution in [-0.4, -0.2) is 39.8 Å². The van der Waals surface area contributed by atoms with E-state index in [0.29, 0.717) is 26.1 Å². The summed E-state index contributed by atoms with van der Waals surface area (Å²) in [6.07, 6.45) is 0.617. The molecule has 0 aliphatic rings. The Morgan fingerprint density at radius 1 is 1.18 bits per heavy atom. The van der Waals surface area contributed by atoms with E-state index in [-0.39, 0.29) is 11.7 Å². The van der Waals surface area contributed by atoms with Crippen molar-refractivity contribution in [3.63, 3.8) is 0 Å². The maximum atomic E-state index is 12.2. The van der Waals surface area contributed by atoms with E-state index in [0.717, 1.165) is 27.3 Å². The lowest BCUT2D eigenvalue weighted by Crippen LogP contribution is -3.08. The number of methoxy groups -OCH3 is 1. The number of benzene rings is 2. The number of nitrogens with one attached hydrogen (secondary N) is 2. The SMILES string of the molecule is COc1ccc(C)cc1C[NH+](C)CC(=O)NCCc1ccc(OC(F)F)cc1. The molecule has 2 aromatic carbocycles. The molecule has 7 heteroatoms. The first-order valence-corrected chi connectivity index (χ1v) is 9.12. The largest absolute Gasteiger partial charge is 0.496 e. The molecule has 0 saturated carbocycles. The molecule has 0 aliphatic heterocycles. The predicted octanol–water partition coefficient (Wildman–Crippen LogP) is 1.98. The van der Waals surface area contributed by atoms with Crippen LogP contribution in [0.4, 0.5) is 8.78 Å². The normalized spacial score (nSPS) is 11.9. The van der Waals surface area contributed by atoms with Crippen LogP contribution in [-0.2, 0) is 17.8 Å². The first-order valence-electron chi connectivity index (χ1n) is 9.12. The standard InChI is InChI=1S/C21H26F2N2O3/c1-15-4-9-19(27-3)17(12-15)13-25(2)14-20(26)24-11-10-16-5-7-18(8-6-16)28-21(22)23/h4-9,12,21H,10-11,13-14H2,1-3H3,(H,24,26)/p+1. The maximum absolute atomic E-state index is 12.2. The molecule has 1 atom stereocenters. The fraction of sp³-hybridized carbons (Fsp3) is 0.381. The van der Waals surface area contributed by atoms with E-state index in [4.69, 9.17) is 4.74 Å². The van der Waals surface area contributed by atoms with Crippen molar-refractivity contribution in [2.24, 2.45) is 0 Å². The van der Waals surface area contributed by atoms with Gasteiger partial charge in [-0.1, -0.05) is 23.8 Å². The summed E-state index contributed by atoms with van der Waals surface area (Å²) >= 11 is 0. The molecule has 0 heterocycles. The molecular formula is C21H27F2N2O3+. The summed E-state index contributed by atoms with van der Waals surface area (Å²) in [5, 5.41) is 2.89. The van der Waals surface area contributed by atoms with Gasteiger partial charge in [-0.15, -0.1) is 0 Å². The predicted molar refractivity (Wildman–Crippen MR) is 103 cm³/mol. The molecule has 2 aromatic rings. The van der Waals surface area contributed by atoms with Crippen LogP contribution in [0.5, 0.6) is 11.5 Å². The van der Waals surface area contributed by atoms with Crippen LogP contribution in [0.25, 0.3) is 0 Å². The van der Waals surface area contributed by atoms with Gasteiger partial charge in [-0.2, -0.15) is 8.78 Å². The Morgan fingerprint density at radius 3 is 2.54 bits per heavy atom. The molecule has 28 heavy (non-hydrogen) atoms. The van der Waals surface area contributed by atoms with Crippen LogP contribution in [0.2, 0.25) is 0 Å². The Morgan fingerprint density at radius 2 is 1.89 bits per heavy atom. The number of carbonyl (C=O) groups excluding carboxylic acids is 1. The van der Waals surface area contributed by atoms with E-state index in [9.17, 15) is 13.6 Å². The summed E-state index contributed by atoms with van der Waals surface area (Å²) in [5.41, 5.74) is 3.16. The number of hydrogen-bond acceptors (Lipinski definition) is 3.